The molecule has 0 atom stereocenters. The van der Waals surface area contributed by atoms with E-state index in [0.29, 0.717) is 33.5 Å². The summed E-state index contributed by atoms with van der Waals surface area (Å²) in [5.74, 6) is 0.231. The number of nitrogens with zero attached hydrogens (tertiary/aromatic N) is 6. The van der Waals surface area contributed by atoms with Crippen molar-refractivity contribution < 1.29 is 18.3 Å². The quantitative estimate of drug-likeness (QED) is 0.319. The van der Waals surface area contributed by atoms with E-state index in [2.05, 4.69) is 20.0 Å². The Kier molecular flexibility index (Phi) is 6.21. The standard InChI is InChI=1S/C24H17ClF2N6O3/c1-35-21-14-17(33-22(8-11-29-33)36-24(26)27)5-6-18(21)31-12-9-20(34)23(30-31)19-7-10-28-32(19)16-4-2-3-15(25)13-16/h2-14,24H,1H3. The van der Waals surface area contributed by atoms with Crippen LogP contribution in [0.3, 0.4) is 0 Å². The third-order valence-corrected chi connectivity index (χ3v) is 5.45. The van der Waals surface area contributed by atoms with Crippen LogP contribution in [0.2, 0.25) is 5.02 Å². The van der Waals surface area contributed by atoms with Gasteiger partial charge < -0.3 is 9.47 Å². The number of halogens is 3. The first-order valence-corrected chi connectivity index (χ1v) is 10.9. The molecule has 3 aromatic heterocycles. The first kappa shape index (κ1) is 23.2. The summed E-state index contributed by atoms with van der Waals surface area (Å²) in [6.45, 7) is -2.99. The number of hydrogen-bond acceptors (Lipinski definition) is 6. The molecule has 0 N–H and O–H groups in total. The minimum atomic E-state index is -2.99. The Bertz CT molecular complexity index is 1600. The highest BCUT2D eigenvalue weighted by Gasteiger charge is 2.17. The molecule has 0 aliphatic heterocycles. The topological polar surface area (TPSA) is 89.0 Å². The lowest BCUT2D eigenvalue weighted by atomic mass is 10.2. The van der Waals surface area contributed by atoms with Crippen molar-refractivity contribution in [2.45, 2.75) is 6.61 Å². The number of hydrogen-bond donors (Lipinski definition) is 0. The number of rotatable bonds is 7. The van der Waals surface area contributed by atoms with E-state index in [1.54, 1.807) is 53.3 Å². The first-order valence-electron chi connectivity index (χ1n) is 10.5. The summed E-state index contributed by atoms with van der Waals surface area (Å²) in [6, 6.07) is 16.3. The third kappa shape index (κ3) is 4.43. The molecule has 0 aliphatic rings. The second-order valence-electron chi connectivity index (χ2n) is 7.40. The number of methoxy groups -OCH3 is 1. The summed E-state index contributed by atoms with van der Waals surface area (Å²) in [5, 5.41) is 13.4. The van der Waals surface area contributed by atoms with Gasteiger partial charge in [-0.2, -0.15) is 24.1 Å². The predicted octanol–water partition coefficient (Wildman–Crippen LogP) is 4.53. The van der Waals surface area contributed by atoms with E-state index in [4.69, 9.17) is 16.3 Å². The smallest absolute Gasteiger partial charge is 0.388 e. The van der Waals surface area contributed by atoms with Crippen molar-refractivity contribution in [2.75, 3.05) is 7.11 Å². The van der Waals surface area contributed by atoms with Gasteiger partial charge in [-0.15, -0.1) is 0 Å². The Hall–Kier alpha value is -4.51. The average molecular weight is 511 g/mol. The molecule has 0 aliphatic carbocycles. The van der Waals surface area contributed by atoms with Crippen LogP contribution in [0, 0.1) is 0 Å². The van der Waals surface area contributed by atoms with Crippen molar-refractivity contribution in [2.24, 2.45) is 0 Å². The fraction of sp³-hybridized carbons (Fsp3) is 0.0833. The molecule has 0 saturated carbocycles. The molecule has 0 saturated heterocycles. The average Bonchev–Trinajstić information content (AvgIpc) is 3.53. The Balaban J connectivity index is 1.57. The van der Waals surface area contributed by atoms with E-state index in [0.717, 1.165) is 0 Å². The Morgan fingerprint density at radius 3 is 2.50 bits per heavy atom. The zero-order valence-corrected chi connectivity index (χ0v) is 19.4. The van der Waals surface area contributed by atoms with Gasteiger partial charge in [-0.25, -0.2) is 14.0 Å². The van der Waals surface area contributed by atoms with Crippen molar-refractivity contribution in [1.82, 2.24) is 29.3 Å². The summed E-state index contributed by atoms with van der Waals surface area (Å²) in [6.07, 6.45) is 4.41. The van der Waals surface area contributed by atoms with Gasteiger partial charge in [-0.05, 0) is 36.4 Å². The Morgan fingerprint density at radius 2 is 1.72 bits per heavy atom. The highest BCUT2D eigenvalue weighted by atomic mass is 35.5. The van der Waals surface area contributed by atoms with Crippen LogP contribution in [0.5, 0.6) is 11.6 Å². The van der Waals surface area contributed by atoms with Crippen LogP contribution in [-0.2, 0) is 0 Å². The Morgan fingerprint density at radius 1 is 0.944 bits per heavy atom. The zero-order valence-electron chi connectivity index (χ0n) is 18.6. The lowest BCUT2D eigenvalue weighted by molar-refractivity contribution is -0.0544. The van der Waals surface area contributed by atoms with Gasteiger partial charge in [0.25, 0.3) is 0 Å². The van der Waals surface area contributed by atoms with Crippen molar-refractivity contribution in [1.29, 1.82) is 0 Å². The molecule has 2 aromatic carbocycles. The molecule has 0 unspecified atom stereocenters. The fourth-order valence-corrected chi connectivity index (χ4v) is 3.85. The zero-order chi connectivity index (χ0) is 25.2. The molecule has 0 bridgehead atoms. The van der Waals surface area contributed by atoms with Gasteiger partial charge in [0.15, 0.2) is 5.69 Å². The van der Waals surface area contributed by atoms with Gasteiger partial charge in [0.05, 0.1) is 36.6 Å². The van der Waals surface area contributed by atoms with Crippen LogP contribution in [0.1, 0.15) is 0 Å². The Labute approximate surface area is 207 Å². The monoisotopic (exact) mass is 510 g/mol. The van der Waals surface area contributed by atoms with E-state index in [9.17, 15) is 13.6 Å². The minimum Gasteiger partial charge on any atom is -0.494 e. The lowest BCUT2D eigenvalue weighted by Gasteiger charge is -2.14. The van der Waals surface area contributed by atoms with Crippen molar-refractivity contribution in [3.63, 3.8) is 0 Å². The lowest BCUT2D eigenvalue weighted by Crippen LogP contribution is -2.15. The summed E-state index contributed by atoms with van der Waals surface area (Å²) in [4.78, 5) is 12.8. The maximum Gasteiger partial charge on any atom is 0.388 e. The van der Waals surface area contributed by atoms with Crippen molar-refractivity contribution in [3.8, 4) is 40.1 Å². The van der Waals surface area contributed by atoms with E-state index < -0.39 is 6.61 Å². The van der Waals surface area contributed by atoms with E-state index in [-0.39, 0.29) is 17.0 Å². The molecule has 36 heavy (non-hydrogen) atoms. The molecular weight excluding hydrogens is 494 g/mol. The second kappa shape index (κ2) is 9.62. The van der Waals surface area contributed by atoms with Crippen LogP contribution in [0.25, 0.3) is 28.5 Å². The molecule has 12 heteroatoms. The summed E-state index contributed by atoms with van der Waals surface area (Å²) in [5.41, 5.74) is 1.91. The number of ether oxygens (including phenoxy) is 2. The van der Waals surface area contributed by atoms with Gasteiger partial charge in [-0.1, -0.05) is 17.7 Å². The van der Waals surface area contributed by atoms with Gasteiger partial charge >= 0.3 is 6.61 Å². The molecule has 0 spiro atoms. The molecule has 182 valence electrons. The fourth-order valence-electron chi connectivity index (χ4n) is 3.67. The van der Waals surface area contributed by atoms with Gasteiger partial charge in [-0.3, -0.25) is 4.79 Å². The van der Waals surface area contributed by atoms with Crippen LogP contribution in [0.15, 0.2) is 84.0 Å². The second-order valence-corrected chi connectivity index (χ2v) is 7.83. The predicted molar refractivity (Wildman–Crippen MR) is 128 cm³/mol. The summed E-state index contributed by atoms with van der Waals surface area (Å²) < 4.78 is 39.8. The van der Waals surface area contributed by atoms with Crippen LogP contribution in [0.4, 0.5) is 8.78 Å². The highest BCUT2D eigenvalue weighted by molar-refractivity contribution is 6.30. The van der Waals surface area contributed by atoms with Gasteiger partial charge in [0, 0.05) is 29.4 Å². The molecular formula is C24H17ClF2N6O3. The third-order valence-electron chi connectivity index (χ3n) is 5.22. The normalized spacial score (nSPS) is 11.1. The SMILES string of the molecule is COc1cc(-n2nccc2OC(F)F)ccc1-n1ccc(=O)c(-c2ccnn2-c2cccc(Cl)c2)n1. The maximum atomic E-state index is 12.8. The van der Waals surface area contributed by atoms with Gasteiger partial charge in [0.2, 0.25) is 11.3 Å². The molecule has 5 rings (SSSR count). The van der Waals surface area contributed by atoms with Crippen molar-refractivity contribution >= 4 is 11.6 Å². The maximum absolute atomic E-state index is 12.8. The highest BCUT2D eigenvalue weighted by Crippen LogP contribution is 2.28. The molecule has 0 radical (unpaired) electrons. The number of alkyl halides is 2. The largest absolute Gasteiger partial charge is 0.494 e. The van der Waals surface area contributed by atoms with E-state index >= 15 is 0 Å². The molecule has 5 aromatic rings. The minimum absolute atomic E-state index is 0.127. The van der Waals surface area contributed by atoms with Crippen LogP contribution >= 0.6 is 11.6 Å². The molecule has 0 fully saturated rings. The molecule has 0 amide bonds. The summed E-state index contributed by atoms with van der Waals surface area (Å²) in [7, 11) is 1.46. The van der Waals surface area contributed by atoms with Crippen LogP contribution < -0.4 is 14.9 Å². The van der Waals surface area contributed by atoms with E-state index in [1.165, 1.54) is 41.0 Å². The van der Waals surface area contributed by atoms with E-state index in [1.807, 2.05) is 6.07 Å². The first-order chi connectivity index (χ1) is 17.4. The van der Waals surface area contributed by atoms with Gasteiger partial charge in [0.1, 0.15) is 11.4 Å². The van der Waals surface area contributed by atoms with Crippen LogP contribution in [-0.4, -0.2) is 43.1 Å². The van der Waals surface area contributed by atoms with Crippen molar-refractivity contribution in [3.05, 3.63) is 94.5 Å². The number of aromatic nitrogens is 6. The molecule has 3 heterocycles. The summed E-state index contributed by atoms with van der Waals surface area (Å²) >= 11 is 6.13. The molecule has 9 nitrogen and oxygen atoms in total. The number of benzene rings is 2.